The average Bonchev–Trinajstić information content (AvgIpc) is 2.72. The monoisotopic (exact) mass is 190 g/mol. The third-order valence-electron chi connectivity index (χ3n) is 3.75. The summed E-state index contributed by atoms with van der Waals surface area (Å²) in [5, 5.41) is 0. The third kappa shape index (κ3) is 2.50. The molecular formula is C14H22. The van der Waals surface area contributed by atoms with Gasteiger partial charge >= 0.3 is 0 Å². The zero-order valence-corrected chi connectivity index (χ0v) is 9.39. The van der Waals surface area contributed by atoms with Crippen LogP contribution >= 0.6 is 0 Å². The van der Waals surface area contributed by atoms with Gasteiger partial charge in [0.1, 0.15) is 0 Å². The van der Waals surface area contributed by atoms with Gasteiger partial charge < -0.3 is 0 Å². The second-order valence-electron chi connectivity index (χ2n) is 4.82. The highest BCUT2D eigenvalue weighted by Crippen LogP contribution is 2.32. The van der Waals surface area contributed by atoms with Crippen LogP contribution in [0.25, 0.3) is 0 Å². The zero-order valence-electron chi connectivity index (χ0n) is 9.39. The molecule has 0 aliphatic heterocycles. The maximum Gasteiger partial charge on any atom is -0.0289 e. The summed E-state index contributed by atoms with van der Waals surface area (Å²) in [7, 11) is 0. The molecule has 0 N–H and O–H groups in total. The Morgan fingerprint density at radius 3 is 2.71 bits per heavy atom. The lowest BCUT2D eigenvalue weighted by atomic mass is 9.84. The Morgan fingerprint density at radius 2 is 2.14 bits per heavy atom. The van der Waals surface area contributed by atoms with E-state index in [0.29, 0.717) is 0 Å². The van der Waals surface area contributed by atoms with E-state index < -0.39 is 0 Å². The van der Waals surface area contributed by atoms with Crippen LogP contribution in [-0.2, 0) is 0 Å². The summed E-state index contributed by atoms with van der Waals surface area (Å²) in [6, 6.07) is 0. The molecule has 2 aliphatic carbocycles. The van der Waals surface area contributed by atoms with Crippen molar-refractivity contribution in [1.29, 1.82) is 0 Å². The fraction of sp³-hybridized carbons (Fsp3) is 0.714. The highest BCUT2D eigenvalue weighted by atomic mass is 14.2. The number of allylic oxidation sites excluding steroid dienone is 4. The number of rotatable bonds is 3. The minimum Gasteiger partial charge on any atom is -0.0853 e. The molecule has 1 atom stereocenters. The summed E-state index contributed by atoms with van der Waals surface area (Å²) in [6.45, 7) is 2.28. The van der Waals surface area contributed by atoms with Gasteiger partial charge in [0.15, 0.2) is 0 Å². The smallest absolute Gasteiger partial charge is 0.0289 e. The van der Waals surface area contributed by atoms with Crippen molar-refractivity contribution in [3.63, 3.8) is 0 Å². The molecule has 0 bridgehead atoms. The Hall–Kier alpha value is -0.520. The topological polar surface area (TPSA) is 0 Å². The van der Waals surface area contributed by atoms with E-state index in [1.54, 1.807) is 11.1 Å². The predicted molar refractivity (Wildman–Crippen MR) is 62.3 cm³/mol. The zero-order chi connectivity index (χ0) is 9.80. The van der Waals surface area contributed by atoms with E-state index >= 15 is 0 Å². The van der Waals surface area contributed by atoms with Gasteiger partial charge in [-0.15, -0.1) is 0 Å². The molecule has 0 spiro atoms. The van der Waals surface area contributed by atoms with Crippen LogP contribution in [0.2, 0.25) is 0 Å². The van der Waals surface area contributed by atoms with Crippen molar-refractivity contribution in [3.8, 4) is 0 Å². The van der Waals surface area contributed by atoms with Gasteiger partial charge in [0.2, 0.25) is 0 Å². The molecule has 0 heteroatoms. The van der Waals surface area contributed by atoms with Gasteiger partial charge in [0, 0.05) is 0 Å². The van der Waals surface area contributed by atoms with Gasteiger partial charge in [-0.25, -0.2) is 0 Å². The normalized spacial score (nSPS) is 27.4. The maximum absolute atomic E-state index is 2.50. The molecule has 0 saturated heterocycles. The molecule has 2 rings (SSSR count). The van der Waals surface area contributed by atoms with Gasteiger partial charge in [-0.05, 0) is 57.3 Å². The maximum atomic E-state index is 2.50. The van der Waals surface area contributed by atoms with Crippen molar-refractivity contribution in [1.82, 2.24) is 0 Å². The van der Waals surface area contributed by atoms with Gasteiger partial charge in [-0.1, -0.05) is 30.2 Å². The van der Waals surface area contributed by atoms with Crippen LogP contribution in [0.15, 0.2) is 23.3 Å². The Morgan fingerprint density at radius 1 is 1.21 bits per heavy atom. The van der Waals surface area contributed by atoms with Gasteiger partial charge in [-0.3, -0.25) is 0 Å². The second kappa shape index (κ2) is 4.82. The van der Waals surface area contributed by atoms with Crippen LogP contribution in [0.4, 0.5) is 0 Å². The summed E-state index contributed by atoms with van der Waals surface area (Å²) in [5.74, 6) is 0.967. The third-order valence-corrected chi connectivity index (χ3v) is 3.75. The average molecular weight is 190 g/mol. The number of hydrogen-bond donors (Lipinski definition) is 0. The van der Waals surface area contributed by atoms with E-state index in [1.807, 2.05) is 0 Å². The van der Waals surface area contributed by atoms with Crippen LogP contribution in [0, 0.1) is 5.92 Å². The van der Waals surface area contributed by atoms with Crippen molar-refractivity contribution >= 4 is 0 Å². The number of hydrogen-bond acceptors (Lipinski definition) is 0. The van der Waals surface area contributed by atoms with Crippen molar-refractivity contribution in [3.05, 3.63) is 23.3 Å². The first kappa shape index (κ1) is 10.0. The van der Waals surface area contributed by atoms with E-state index in [-0.39, 0.29) is 0 Å². The summed E-state index contributed by atoms with van der Waals surface area (Å²) in [5.41, 5.74) is 3.45. The summed E-state index contributed by atoms with van der Waals surface area (Å²) >= 11 is 0. The first-order chi connectivity index (χ1) is 6.88. The van der Waals surface area contributed by atoms with Crippen molar-refractivity contribution in [2.75, 3.05) is 0 Å². The molecule has 0 aromatic heterocycles. The van der Waals surface area contributed by atoms with Crippen molar-refractivity contribution < 1.29 is 0 Å². The first-order valence-electron chi connectivity index (χ1n) is 6.24. The van der Waals surface area contributed by atoms with E-state index in [2.05, 4.69) is 19.1 Å². The molecular weight excluding hydrogens is 168 g/mol. The molecule has 0 saturated carbocycles. The van der Waals surface area contributed by atoms with Crippen LogP contribution < -0.4 is 0 Å². The fourth-order valence-electron chi connectivity index (χ4n) is 2.74. The fourth-order valence-corrected chi connectivity index (χ4v) is 2.74. The quantitative estimate of drug-likeness (QED) is 0.569. The standard InChI is InChI=1S/C14H22/c1-2-12-7-9-14(10-8-12)11-13-5-3-4-6-13/h5,7,14H,2-4,6,8-11H2,1H3. The molecule has 14 heavy (non-hydrogen) atoms. The van der Waals surface area contributed by atoms with Crippen LogP contribution in [0.5, 0.6) is 0 Å². The Bertz CT molecular complexity index is 245. The van der Waals surface area contributed by atoms with E-state index in [9.17, 15) is 0 Å². The largest absolute Gasteiger partial charge is 0.0853 e. The lowest BCUT2D eigenvalue weighted by Crippen LogP contribution is -2.06. The first-order valence-corrected chi connectivity index (χ1v) is 6.24. The predicted octanol–water partition coefficient (Wildman–Crippen LogP) is 4.62. The molecule has 0 aromatic rings. The lowest BCUT2D eigenvalue weighted by molar-refractivity contribution is 0.458. The van der Waals surface area contributed by atoms with E-state index in [1.165, 1.54) is 51.4 Å². The van der Waals surface area contributed by atoms with E-state index in [0.717, 1.165) is 5.92 Å². The molecule has 0 nitrogen and oxygen atoms in total. The highest BCUT2D eigenvalue weighted by molar-refractivity contribution is 5.11. The molecule has 78 valence electrons. The van der Waals surface area contributed by atoms with Crippen molar-refractivity contribution in [2.24, 2.45) is 5.92 Å². The highest BCUT2D eigenvalue weighted by Gasteiger charge is 2.16. The van der Waals surface area contributed by atoms with Crippen LogP contribution in [0.3, 0.4) is 0 Å². The molecule has 0 fully saturated rings. The van der Waals surface area contributed by atoms with E-state index in [4.69, 9.17) is 0 Å². The van der Waals surface area contributed by atoms with Gasteiger partial charge in [0.05, 0.1) is 0 Å². The Labute approximate surface area is 88.1 Å². The molecule has 0 radical (unpaired) electrons. The Kier molecular flexibility index (Phi) is 3.44. The molecule has 1 unspecified atom stereocenters. The molecule has 0 amide bonds. The summed E-state index contributed by atoms with van der Waals surface area (Å²) in [6.07, 6.45) is 16.0. The Balaban J connectivity index is 1.81. The van der Waals surface area contributed by atoms with Crippen LogP contribution in [0.1, 0.15) is 58.3 Å². The molecule has 0 aromatic carbocycles. The van der Waals surface area contributed by atoms with Crippen LogP contribution in [-0.4, -0.2) is 0 Å². The minimum atomic E-state index is 0.967. The summed E-state index contributed by atoms with van der Waals surface area (Å²) < 4.78 is 0. The second-order valence-corrected chi connectivity index (χ2v) is 4.82. The van der Waals surface area contributed by atoms with Crippen molar-refractivity contribution in [2.45, 2.75) is 58.3 Å². The van der Waals surface area contributed by atoms with Gasteiger partial charge in [0.25, 0.3) is 0 Å². The minimum absolute atomic E-state index is 0.967. The summed E-state index contributed by atoms with van der Waals surface area (Å²) in [4.78, 5) is 0. The van der Waals surface area contributed by atoms with Gasteiger partial charge in [-0.2, -0.15) is 0 Å². The molecule has 2 aliphatic rings. The molecule has 0 heterocycles. The lowest BCUT2D eigenvalue weighted by Gasteiger charge is -2.21. The SMILES string of the molecule is CCC1=CCC(CC2=CCCC2)CC1.